The molecule has 0 heterocycles. The van der Waals surface area contributed by atoms with Crippen LogP contribution in [0.15, 0.2) is 0 Å². The van der Waals surface area contributed by atoms with Gasteiger partial charge in [0.15, 0.2) is 0 Å². The van der Waals surface area contributed by atoms with Crippen LogP contribution in [0.5, 0.6) is 0 Å². The molecular weight excluding hydrogens is 243 g/mol. The van der Waals surface area contributed by atoms with Gasteiger partial charge in [0, 0.05) is 12.6 Å². The summed E-state index contributed by atoms with van der Waals surface area (Å²) in [7, 11) is 0. The molecule has 0 radical (unpaired) electrons. The van der Waals surface area contributed by atoms with Crippen LogP contribution in [0.2, 0.25) is 0 Å². The number of alkyl halides is 3. The molecule has 110 valence electrons. The van der Waals surface area contributed by atoms with E-state index < -0.39 is 12.8 Å². The second kappa shape index (κ2) is 10.6. The Bertz CT molecular complexity index is 186. The van der Waals surface area contributed by atoms with E-state index in [1.54, 1.807) is 0 Å². The van der Waals surface area contributed by atoms with E-state index in [2.05, 4.69) is 23.9 Å². The molecular formula is C13H26F3NO. The van der Waals surface area contributed by atoms with E-state index in [1.165, 1.54) is 12.8 Å². The van der Waals surface area contributed by atoms with Gasteiger partial charge in [0.2, 0.25) is 0 Å². The van der Waals surface area contributed by atoms with Crippen molar-refractivity contribution in [1.29, 1.82) is 0 Å². The smallest absolute Gasteiger partial charge is 0.372 e. The highest BCUT2D eigenvalue weighted by Crippen LogP contribution is 2.14. The summed E-state index contributed by atoms with van der Waals surface area (Å²) in [5.74, 6) is 0. The first kappa shape index (κ1) is 17.7. The average Bonchev–Trinajstić information content (AvgIpc) is 2.29. The minimum absolute atomic E-state index is 0.166. The lowest BCUT2D eigenvalue weighted by Crippen LogP contribution is -2.30. The quantitative estimate of drug-likeness (QED) is 0.574. The molecule has 0 aromatic heterocycles. The molecule has 2 nitrogen and oxygen atoms in total. The van der Waals surface area contributed by atoms with Crippen LogP contribution in [0.4, 0.5) is 13.2 Å². The fourth-order valence-corrected chi connectivity index (χ4v) is 1.82. The van der Waals surface area contributed by atoms with Gasteiger partial charge in [-0.3, -0.25) is 0 Å². The molecule has 0 saturated carbocycles. The van der Waals surface area contributed by atoms with Gasteiger partial charge in [0.25, 0.3) is 0 Å². The first-order chi connectivity index (χ1) is 8.49. The number of hydrogen-bond donors (Lipinski definition) is 1. The molecule has 0 rings (SSSR count). The maximum absolute atomic E-state index is 11.8. The molecule has 0 spiro atoms. The second-order valence-electron chi connectivity index (χ2n) is 4.60. The van der Waals surface area contributed by atoms with Gasteiger partial charge in [-0.2, -0.15) is 13.2 Å². The molecule has 0 aliphatic rings. The van der Waals surface area contributed by atoms with Crippen molar-refractivity contribution in [3.05, 3.63) is 0 Å². The Hall–Kier alpha value is -0.290. The van der Waals surface area contributed by atoms with Crippen LogP contribution in [-0.2, 0) is 4.74 Å². The molecule has 0 amide bonds. The third-order valence-corrected chi connectivity index (χ3v) is 2.71. The summed E-state index contributed by atoms with van der Waals surface area (Å²) < 4.78 is 39.9. The Kier molecular flexibility index (Phi) is 10.4. The number of nitrogens with one attached hydrogen (secondary N) is 1. The van der Waals surface area contributed by atoms with Gasteiger partial charge in [-0.15, -0.1) is 0 Å². The zero-order chi connectivity index (χ0) is 13.9. The highest BCUT2D eigenvalue weighted by molar-refractivity contribution is 4.66. The lowest BCUT2D eigenvalue weighted by Gasteiger charge is -2.17. The Morgan fingerprint density at radius 1 is 1.06 bits per heavy atom. The molecule has 0 saturated heterocycles. The van der Waals surface area contributed by atoms with Crippen LogP contribution >= 0.6 is 0 Å². The van der Waals surface area contributed by atoms with E-state index in [-0.39, 0.29) is 6.61 Å². The first-order valence-corrected chi connectivity index (χ1v) is 6.87. The van der Waals surface area contributed by atoms with Gasteiger partial charge in [-0.1, -0.05) is 33.1 Å². The molecule has 1 atom stereocenters. The molecule has 1 unspecified atom stereocenters. The SMILES string of the molecule is CCCCC(CCC)NCCCOCC(F)(F)F. The molecule has 18 heavy (non-hydrogen) atoms. The Labute approximate surface area is 108 Å². The molecule has 0 aliphatic heterocycles. The number of rotatable bonds is 11. The van der Waals surface area contributed by atoms with E-state index in [0.29, 0.717) is 12.5 Å². The number of unbranched alkanes of at least 4 members (excludes halogenated alkanes) is 1. The van der Waals surface area contributed by atoms with Gasteiger partial charge in [0.1, 0.15) is 6.61 Å². The standard InChI is InChI=1S/C13H26F3NO/c1-3-5-8-12(7-4-2)17-9-6-10-18-11-13(14,15)16/h12,17H,3-11H2,1-2H3. The van der Waals surface area contributed by atoms with Gasteiger partial charge in [-0.25, -0.2) is 0 Å². The van der Waals surface area contributed by atoms with E-state index >= 15 is 0 Å². The summed E-state index contributed by atoms with van der Waals surface area (Å²) >= 11 is 0. The Morgan fingerprint density at radius 2 is 1.78 bits per heavy atom. The van der Waals surface area contributed by atoms with E-state index in [9.17, 15) is 13.2 Å². The summed E-state index contributed by atoms with van der Waals surface area (Å²) in [5, 5.41) is 3.39. The lowest BCUT2D eigenvalue weighted by atomic mass is 10.1. The zero-order valence-corrected chi connectivity index (χ0v) is 11.5. The Balaban J connectivity index is 3.48. The molecule has 0 aromatic rings. The summed E-state index contributed by atoms with van der Waals surface area (Å²) in [5.41, 5.74) is 0. The monoisotopic (exact) mass is 269 g/mol. The van der Waals surface area contributed by atoms with Crippen molar-refractivity contribution in [2.75, 3.05) is 19.8 Å². The lowest BCUT2D eigenvalue weighted by molar-refractivity contribution is -0.173. The predicted molar refractivity (Wildman–Crippen MR) is 67.7 cm³/mol. The van der Waals surface area contributed by atoms with Crippen molar-refractivity contribution in [3.8, 4) is 0 Å². The van der Waals surface area contributed by atoms with E-state index in [4.69, 9.17) is 0 Å². The first-order valence-electron chi connectivity index (χ1n) is 6.87. The number of halogens is 3. The van der Waals surface area contributed by atoms with Gasteiger partial charge >= 0.3 is 6.18 Å². The third kappa shape index (κ3) is 12.2. The average molecular weight is 269 g/mol. The van der Waals surface area contributed by atoms with Crippen molar-refractivity contribution < 1.29 is 17.9 Å². The largest absolute Gasteiger partial charge is 0.411 e. The van der Waals surface area contributed by atoms with Crippen LogP contribution in [0, 0.1) is 0 Å². The molecule has 0 aliphatic carbocycles. The number of hydrogen-bond acceptors (Lipinski definition) is 2. The molecule has 0 fully saturated rings. The highest BCUT2D eigenvalue weighted by atomic mass is 19.4. The second-order valence-corrected chi connectivity index (χ2v) is 4.60. The van der Waals surface area contributed by atoms with Crippen LogP contribution in [0.1, 0.15) is 52.4 Å². The third-order valence-electron chi connectivity index (χ3n) is 2.71. The molecule has 1 N–H and O–H groups in total. The van der Waals surface area contributed by atoms with Crippen LogP contribution in [-0.4, -0.2) is 32.0 Å². The summed E-state index contributed by atoms with van der Waals surface area (Å²) in [4.78, 5) is 0. The van der Waals surface area contributed by atoms with Crippen LogP contribution in [0.25, 0.3) is 0 Å². The van der Waals surface area contributed by atoms with Crippen molar-refractivity contribution in [1.82, 2.24) is 5.32 Å². The zero-order valence-electron chi connectivity index (χ0n) is 11.5. The fraction of sp³-hybridized carbons (Fsp3) is 1.00. The summed E-state index contributed by atoms with van der Waals surface area (Å²) in [6, 6.07) is 0.498. The van der Waals surface area contributed by atoms with Gasteiger partial charge < -0.3 is 10.1 Å². The van der Waals surface area contributed by atoms with Crippen LogP contribution in [0.3, 0.4) is 0 Å². The van der Waals surface area contributed by atoms with Crippen molar-refractivity contribution >= 4 is 0 Å². The van der Waals surface area contributed by atoms with Gasteiger partial charge in [0.05, 0.1) is 0 Å². The maximum Gasteiger partial charge on any atom is 0.411 e. The van der Waals surface area contributed by atoms with E-state index in [0.717, 1.165) is 25.8 Å². The fourth-order valence-electron chi connectivity index (χ4n) is 1.82. The molecule has 0 bridgehead atoms. The number of ether oxygens (including phenoxy) is 1. The summed E-state index contributed by atoms with van der Waals surface area (Å²) in [6.07, 6.45) is 2.20. The minimum atomic E-state index is -4.21. The maximum atomic E-state index is 11.8. The topological polar surface area (TPSA) is 21.3 Å². The Morgan fingerprint density at radius 3 is 2.33 bits per heavy atom. The summed E-state index contributed by atoms with van der Waals surface area (Å²) in [6.45, 7) is 4.06. The highest BCUT2D eigenvalue weighted by Gasteiger charge is 2.27. The van der Waals surface area contributed by atoms with Crippen molar-refractivity contribution in [3.63, 3.8) is 0 Å². The van der Waals surface area contributed by atoms with Crippen molar-refractivity contribution in [2.24, 2.45) is 0 Å². The van der Waals surface area contributed by atoms with E-state index in [1.807, 2.05) is 0 Å². The van der Waals surface area contributed by atoms with Crippen molar-refractivity contribution in [2.45, 2.75) is 64.6 Å². The minimum Gasteiger partial charge on any atom is -0.372 e. The van der Waals surface area contributed by atoms with Crippen LogP contribution < -0.4 is 5.32 Å². The van der Waals surface area contributed by atoms with Gasteiger partial charge in [-0.05, 0) is 25.8 Å². The normalized spacial score (nSPS) is 13.8. The molecule has 5 heteroatoms. The predicted octanol–water partition coefficient (Wildman–Crippen LogP) is 3.90. The molecule has 0 aromatic carbocycles.